The van der Waals surface area contributed by atoms with Crippen molar-refractivity contribution >= 4 is 0 Å². The van der Waals surface area contributed by atoms with E-state index >= 15 is 0 Å². The van der Waals surface area contributed by atoms with Crippen molar-refractivity contribution in [1.29, 1.82) is 0 Å². The summed E-state index contributed by atoms with van der Waals surface area (Å²) in [5.41, 5.74) is 0.101. The van der Waals surface area contributed by atoms with Gasteiger partial charge in [-0.25, -0.2) is 0 Å². The van der Waals surface area contributed by atoms with Crippen molar-refractivity contribution in [3.05, 3.63) is 0 Å². The van der Waals surface area contributed by atoms with Crippen LogP contribution >= 0.6 is 0 Å². The smallest absolute Gasteiger partial charge is 0.0834 e. The van der Waals surface area contributed by atoms with Gasteiger partial charge in [0.1, 0.15) is 0 Å². The van der Waals surface area contributed by atoms with Gasteiger partial charge in [0.05, 0.1) is 5.60 Å². The van der Waals surface area contributed by atoms with Gasteiger partial charge in [0.15, 0.2) is 0 Å². The number of nitrogens with one attached hydrogen (secondary N) is 1. The standard InChI is InChI=1S/C16H33NO/c1-5-14(3)13-15(17-4)16(18-6-2)11-9-7-8-10-12-16/h14-15,17H,5-13H2,1-4H3. The Hall–Kier alpha value is -0.0800. The summed E-state index contributed by atoms with van der Waals surface area (Å²) in [7, 11) is 2.11. The summed E-state index contributed by atoms with van der Waals surface area (Å²) in [4.78, 5) is 0. The topological polar surface area (TPSA) is 21.3 Å². The highest BCUT2D eigenvalue weighted by Crippen LogP contribution is 2.36. The molecule has 1 aliphatic rings. The summed E-state index contributed by atoms with van der Waals surface area (Å²) in [6.07, 6.45) is 10.4. The van der Waals surface area contributed by atoms with Crippen LogP contribution in [0.25, 0.3) is 0 Å². The zero-order chi connectivity index (χ0) is 13.4. The van der Waals surface area contributed by atoms with Crippen LogP contribution in [0.3, 0.4) is 0 Å². The molecule has 1 N–H and O–H groups in total. The van der Waals surface area contributed by atoms with Gasteiger partial charge >= 0.3 is 0 Å². The second-order valence-corrected chi connectivity index (χ2v) is 6.00. The first kappa shape index (κ1) is 16.0. The van der Waals surface area contributed by atoms with Crippen molar-refractivity contribution in [3.8, 4) is 0 Å². The van der Waals surface area contributed by atoms with E-state index in [1.165, 1.54) is 51.4 Å². The van der Waals surface area contributed by atoms with Crippen molar-refractivity contribution < 1.29 is 4.74 Å². The molecule has 18 heavy (non-hydrogen) atoms. The van der Waals surface area contributed by atoms with Gasteiger partial charge in [-0.05, 0) is 39.2 Å². The molecule has 0 amide bonds. The molecule has 0 aliphatic heterocycles. The van der Waals surface area contributed by atoms with E-state index in [-0.39, 0.29) is 5.60 Å². The molecule has 0 radical (unpaired) electrons. The van der Waals surface area contributed by atoms with E-state index in [0.29, 0.717) is 6.04 Å². The van der Waals surface area contributed by atoms with Crippen LogP contribution in [0.1, 0.15) is 72.1 Å². The molecule has 0 aromatic rings. The van der Waals surface area contributed by atoms with Crippen LogP contribution < -0.4 is 5.32 Å². The molecule has 2 atom stereocenters. The van der Waals surface area contributed by atoms with E-state index in [0.717, 1.165) is 12.5 Å². The van der Waals surface area contributed by atoms with Gasteiger partial charge in [-0.1, -0.05) is 46.0 Å². The minimum atomic E-state index is 0.101. The Labute approximate surface area is 114 Å². The molecule has 1 fully saturated rings. The maximum Gasteiger partial charge on any atom is 0.0834 e. The molecule has 0 aromatic heterocycles. The van der Waals surface area contributed by atoms with Crippen LogP contribution in [0.5, 0.6) is 0 Å². The summed E-state index contributed by atoms with van der Waals surface area (Å²) in [5.74, 6) is 0.781. The van der Waals surface area contributed by atoms with Gasteiger partial charge in [-0.3, -0.25) is 0 Å². The Bertz CT molecular complexity index is 209. The summed E-state index contributed by atoms with van der Waals surface area (Å²) >= 11 is 0. The van der Waals surface area contributed by atoms with E-state index in [1.807, 2.05) is 0 Å². The minimum Gasteiger partial charge on any atom is -0.374 e. The van der Waals surface area contributed by atoms with E-state index in [2.05, 4.69) is 33.1 Å². The van der Waals surface area contributed by atoms with Gasteiger partial charge in [0.2, 0.25) is 0 Å². The molecule has 2 heteroatoms. The van der Waals surface area contributed by atoms with Gasteiger partial charge in [0.25, 0.3) is 0 Å². The number of hydrogen-bond donors (Lipinski definition) is 1. The first-order valence-electron chi connectivity index (χ1n) is 7.99. The predicted molar refractivity (Wildman–Crippen MR) is 79.0 cm³/mol. The molecule has 108 valence electrons. The van der Waals surface area contributed by atoms with Crippen LogP contribution in [0, 0.1) is 5.92 Å². The van der Waals surface area contributed by atoms with Crippen LogP contribution in [0.4, 0.5) is 0 Å². The highest BCUT2D eigenvalue weighted by atomic mass is 16.5. The predicted octanol–water partition coefficient (Wildman–Crippen LogP) is 4.14. The summed E-state index contributed by atoms with van der Waals surface area (Å²) in [5, 5.41) is 3.57. The average Bonchev–Trinajstić information content (AvgIpc) is 2.62. The second-order valence-electron chi connectivity index (χ2n) is 6.00. The maximum absolute atomic E-state index is 6.29. The molecule has 0 aromatic carbocycles. The summed E-state index contributed by atoms with van der Waals surface area (Å²) < 4.78 is 6.29. The number of ether oxygens (including phenoxy) is 1. The highest BCUT2D eigenvalue weighted by molar-refractivity contribution is 4.94. The lowest BCUT2D eigenvalue weighted by Gasteiger charge is -2.41. The van der Waals surface area contributed by atoms with Crippen LogP contribution in [-0.4, -0.2) is 25.3 Å². The van der Waals surface area contributed by atoms with E-state index < -0.39 is 0 Å². The zero-order valence-corrected chi connectivity index (χ0v) is 12.9. The fraction of sp³-hybridized carbons (Fsp3) is 1.00. The average molecular weight is 255 g/mol. The lowest BCUT2D eigenvalue weighted by Crippen LogP contribution is -2.52. The molecular formula is C16H33NO. The molecule has 0 bridgehead atoms. The number of likely N-dealkylation sites (N-methyl/N-ethyl adjacent to an activating group) is 1. The quantitative estimate of drug-likeness (QED) is 0.690. The summed E-state index contributed by atoms with van der Waals surface area (Å²) in [6, 6.07) is 0.519. The third kappa shape index (κ3) is 4.24. The summed E-state index contributed by atoms with van der Waals surface area (Å²) in [6.45, 7) is 7.64. The molecule has 0 spiro atoms. The molecule has 2 nitrogen and oxygen atoms in total. The van der Waals surface area contributed by atoms with Crippen LogP contribution in [0.15, 0.2) is 0 Å². The lowest BCUT2D eigenvalue weighted by atomic mass is 9.81. The van der Waals surface area contributed by atoms with Crippen molar-refractivity contribution in [2.75, 3.05) is 13.7 Å². The van der Waals surface area contributed by atoms with Crippen LogP contribution in [-0.2, 0) is 4.74 Å². The SMILES string of the molecule is CCOC1(C(CC(C)CC)NC)CCCCCC1. The van der Waals surface area contributed by atoms with E-state index in [9.17, 15) is 0 Å². The maximum atomic E-state index is 6.29. The van der Waals surface area contributed by atoms with E-state index in [4.69, 9.17) is 4.74 Å². The largest absolute Gasteiger partial charge is 0.374 e. The molecule has 1 aliphatic carbocycles. The molecule has 1 rings (SSSR count). The molecular weight excluding hydrogens is 222 g/mol. The van der Waals surface area contributed by atoms with Crippen molar-refractivity contribution in [3.63, 3.8) is 0 Å². The first-order valence-corrected chi connectivity index (χ1v) is 7.99. The molecule has 0 saturated heterocycles. The molecule has 1 saturated carbocycles. The third-order valence-electron chi connectivity index (χ3n) is 4.70. The molecule has 2 unspecified atom stereocenters. The van der Waals surface area contributed by atoms with E-state index in [1.54, 1.807) is 0 Å². The fourth-order valence-electron chi connectivity index (χ4n) is 3.37. The van der Waals surface area contributed by atoms with Crippen molar-refractivity contribution in [1.82, 2.24) is 5.32 Å². The molecule has 0 heterocycles. The van der Waals surface area contributed by atoms with Gasteiger partial charge < -0.3 is 10.1 Å². The Balaban J connectivity index is 2.77. The minimum absolute atomic E-state index is 0.101. The van der Waals surface area contributed by atoms with Gasteiger partial charge in [0, 0.05) is 12.6 Å². The Morgan fingerprint density at radius 2 is 1.72 bits per heavy atom. The first-order chi connectivity index (χ1) is 8.68. The van der Waals surface area contributed by atoms with Crippen molar-refractivity contribution in [2.45, 2.75) is 83.8 Å². The van der Waals surface area contributed by atoms with Gasteiger partial charge in [-0.15, -0.1) is 0 Å². The Kier molecular flexibility index (Phi) is 7.25. The lowest BCUT2D eigenvalue weighted by molar-refractivity contribution is -0.0797. The van der Waals surface area contributed by atoms with Crippen LogP contribution in [0.2, 0.25) is 0 Å². The van der Waals surface area contributed by atoms with Gasteiger partial charge in [-0.2, -0.15) is 0 Å². The Morgan fingerprint density at radius 1 is 1.11 bits per heavy atom. The highest BCUT2D eigenvalue weighted by Gasteiger charge is 2.39. The monoisotopic (exact) mass is 255 g/mol. The Morgan fingerprint density at radius 3 is 2.17 bits per heavy atom. The fourth-order valence-corrected chi connectivity index (χ4v) is 3.37. The number of rotatable bonds is 7. The van der Waals surface area contributed by atoms with Crippen molar-refractivity contribution in [2.24, 2.45) is 5.92 Å². The normalized spacial score (nSPS) is 23.3. The number of hydrogen-bond acceptors (Lipinski definition) is 2. The zero-order valence-electron chi connectivity index (χ0n) is 12.9. The third-order valence-corrected chi connectivity index (χ3v) is 4.70. The second kappa shape index (κ2) is 8.16.